The molecule has 0 spiro atoms. The van der Waals surface area contributed by atoms with Crippen molar-refractivity contribution in [2.45, 2.75) is 43.9 Å². The van der Waals surface area contributed by atoms with Crippen molar-refractivity contribution >= 4 is 11.8 Å². The lowest BCUT2D eigenvalue weighted by Crippen LogP contribution is -2.28. The highest BCUT2D eigenvalue weighted by molar-refractivity contribution is 7.99. The van der Waals surface area contributed by atoms with Gasteiger partial charge in [-0.1, -0.05) is 19.1 Å². The second-order valence-corrected chi connectivity index (χ2v) is 6.72. The molecular weight excluding hydrogens is 254 g/mol. The Labute approximate surface area is 121 Å². The van der Waals surface area contributed by atoms with Crippen LogP contribution in [0.4, 0.5) is 0 Å². The Morgan fingerprint density at radius 3 is 2.74 bits per heavy atom. The molecule has 0 saturated heterocycles. The molecule has 1 aromatic rings. The van der Waals surface area contributed by atoms with Gasteiger partial charge < -0.3 is 10.1 Å². The first-order chi connectivity index (χ1) is 9.31. The first-order valence-electron chi connectivity index (χ1n) is 7.29. The summed E-state index contributed by atoms with van der Waals surface area (Å²) in [5.74, 6) is 2.19. The average molecular weight is 279 g/mol. The highest BCUT2D eigenvalue weighted by Crippen LogP contribution is 2.29. The molecule has 0 amide bonds. The fourth-order valence-corrected chi connectivity index (χ4v) is 3.87. The highest BCUT2D eigenvalue weighted by atomic mass is 32.2. The second kappa shape index (κ2) is 7.81. The van der Waals surface area contributed by atoms with Gasteiger partial charge >= 0.3 is 0 Å². The summed E-state index contributed by atoms with van der Waals surface area (Å²) in [6.45, 7) is 3.34. The molecule has 0 aliphatic heterocycles. The summed E-state index contributed by atoms with van der Waals surface area (Å²) in [5.41, 5.74) is 1.38. The van der Waals surface area contributed by atoms with Crippen LogP contribution in [0.15, 0.2) is 24.3 Å². The summed E-state index contributed by atoms with van der Waals surface area (Å²) in [4.78, 5) is 0. The Balaban J connectivity index is 1.66. The summed E-state index contributed by atoms with van der Waals surface area (Å²) in [6.07, 6.45) is 5.19. The largest absolute Gasteiger partial charge is 0.497 e. The maximum atomic E-state index is 5.17. The van der Waals surface area contributed by atoms with E-state index in [1.807, 2.05) is 12.1 Å². The molecule has 2 atom stereocenters. The van der Waals surface area contributed by atoms with Crippen molar-refractivity contribution < 1.29 is 4.74 Å². The van der Waals surface area contributed by atoms with E-state index in [-0.39, 0.29) is 0 Å². The lowest BCUT2D eigenvalue weighted by molar-refractivity contribution is 0.414. The smallest absolute Gasteiger partial charge is 0.118 e. The fourth-order valence-electron chi connectivity index (χ4n) is 2.73. The van der Waals surface area contributed by atoms with Crippen LogP contribution < -0.4 is 10.1 Å². The predicted octanol–water partition coefficient (Wildman–Crippen LogP) is 3.50. The third kappa shape index (κ3) is 4.73. The SMILES string of the molecule is CCSC1CCC(NCCc2ccc(OC)cc2)C1. The van der Waals surface area contributed by atoms with E-state index in [0.29, 0.717) is 0 Å². The zero-order valence-electron chi connectivity index (χ0n) is 12.0. The minimum atomic E-state index is 0.738. The molecule has 0 heterocycles. The molecule has 1 fully saturated rings. The van der Waals surface area contributed by atoms with Gasteiger partial charge in [-0.25, -0.2) is 0 Å². The van der Waals surface area contributed by atoms with Gasteiger partial charge in [0.15, 0.2) is 0 Å². The summed E-state index contributed by atoms with van der Waals surface area (Å²) in [6, 6.07) is 9.13. The Kier molecular flexibility index (Phi) is 6.05. The Morgan fingerprint density at radius 1 is 1.26 bits per heavy atom. The monoisotopic (exact) mass is 279 g/mol. The lowest BCUT2D eigenvalue weighted by atomic mass is 10.1. The molecule has 106 valence electrons. The molecule has 3 heteroatoms. The number of hydrogen-bond donors (Lipinski definition) is 1. The van der Waals surface area contributed by atoms with Gasteiger partial charge in [0.1, 0.15) is 5.75 Å². The first-order valence-corrected chi connectivity index (χ1v) is 8.34. The summed E-state index contributed by atoms with van der Waals surface area (Å²) in [7, 11) is 1.71. The van der Waals surface area contributed by atoms with Crippen molar-refractivity contribution in [3.05, 3.63) is 29.8 Å². The first kappa shape index (κ1) is 14.7. The van der Waals surface area contributed by atoms with Crippen molar-refractivity contribution in [2.75, 3.05) is 19.4 Å². The molecule has 0 bridgehead atoms. The van der Waals surface area contributed by atoms with Gasteiger partial charge in [0.05, 0.1) is 7.11 Å². The van der Waals surface area contributed by atoms with Crippen LogP contribution >= 0.6 is 11.8 Å². The van der Waals surface area contributed by atoms with Crippen LogP contribution in [0.2, 0.25) is 0 Å². The zero-order chi connectivity index (χ0) is 13.5. The summed E-state index contributed by atoms with van der Waals surface area (Å²) < 4.78 is 5.17. The molecule has 1 aliphatic rings. The normalized spacial score (nSPS) is 22.6. The van der Waals surface area contributed by atoms with Crippen molar-refractivity contribution in [3.63, 3.8) is 0 Å². The van der Waals surface area contributed by atoms with E-state index < -0.39 is 0 Å². The fraction of sp³-hybridized carbons (Fsp3) is 0.625. The topological polar surface area (TPSA) is 21.3 Å². The Morgan fingerprint density at radius 2 is 2.05 bits per heavy atom. The number of ether oxygens (including phenoxy) is 1. The minimum Gasteiger partial charge on any atom is -0.497 e. The van der Waals surface area contributed by atoms with E-state index in [2.05, 4.69) is 36.1 Å². The average Bonchev–Trinajstić information content (AvgIpc) is 2.88. The predicted molar refractivity (Wildman–Crippen MR) is 84.3 cm³/mol. The molecule has 1 aromatic carbocycles. The molecule has 2 nitrogen and oxygen atoms in total. The van der Waals surface area contributed by atoms with Crippen LogP contribution in [0.1, 0.15) is 31.7 Å². The number of thioether (sulfide) groups is 1. The van der Waals surface area contributed by atoms with Gasteiger partial charge in [-0.2, -0.15) is 11.8 Å². The number of methoxy groups -OCH3 is 1. The summed E-state index contributed by atoms with van der Waals surface area (Å²) >= 11 is 2.12. The quantitative estimate of drug-likeness (QED) is 0.825. The van der Waals surface area contributed by atoms with E-state index >= 15 is 0 Å². The maximum Gasteiger partial charge on any atom is 0.118 e. The Hall–Kier alpha value is -0.670. The maximum absolute atomic E-state index is 5.17. The third-order valence-corrected chi connectivity index (χ3v) is 5.03. The van der Waals surface area contributed by atoms with Gasteiger partial charge in [0, 0.05) is 11.3 Å². The number of nitrogens with one attached hydrogen (secondary N) is 1. The molecule has 2 unspecified atom stereocenters. The van der Waals surface area contributed by atoms with Crippen molar-refractivity contribution in [1.29, 1.82) is 0 Å². The minimum absolute atomic E-state index is 0.738. The van der Waals surface area contributed by atoms with Crippen LogP contribution in [0.3, 0.4) is 0 Å². The van der Waals surface area contributed by atoms with Gasteiger partial charge in [-0.05, 0) is 55.7 Å². The van der Waals surface area contributed by atoms with Gasteiger partial charge in [-0.3, -0.25) is 0 Å². The van der Waals surface area contributed by atoms with Gasteiger partial charge in [0.25, 0.3) is 0 Å². The van der Waals surface area contributed by atoms with Crippen LogP contribution in [-0.2, 0) is 6.42 Å². The third-order valence-electron chi connectivity index (χ3n) is 3.79. The Bertz CT molecular complexity index is 366. The van der Waals surface area contributed by atoms with Crippen LogP contribution in [0.5, 0.6) is 5.75 Å². The van der Waals surface area contributed by atoms with Crippen molar-refractivity contribution in [1.82, 2.24) is 5.32 Å². The number of hydrogen-bond acceptors (Lipinski definition) is 3. The molecule has 1 N–H and O–H groups in total. The molecule has 19 heavy (non-hydrogen) atoms. The second-order valence-electron chi connectivity index (χ2n) is 5.14. The number of rotatable bonds is 7. The van der Waals surface area contributed by atoms with Gasteiger partial charge in [-0.15, -0.1) is 0 Å². The zero-order valence-corrected chi connectivity index (χ0v) is 12.8. The lowest BCUT2D eigenvalue weighted by Gasteiger charge is -2.13. The van der Waals surface area contributed by atoms with Crippen molar-refractivity contribution in [2.24, 2.45) is 0 Å². The molecule has 1 saturated carbocycles. The summed E-state index contributed by atoms with van der Waals surface area (Å²) in [5, 5.41) is 4.59. The van der Waals surface area contributed by atoms with Crippen LogP contribution in [0.25, 0.3) is 0 Å². The molecule has 0 radical (unpaired) electrons. The molecule has 2 rings (SSSR count). The molecular formula is C16H25NOS. The van der Waals surface area contributed by atoms with Crippen molar-refractivity contribution in [3.8, 4) is 5.75 Å². The van der Waals surface area contributed by atoms with E-state index in [9.17, 15) is 0 Å². The van der Waals surface area contributed by atoms with E-state index in [4.69, 9.17) is 4.74 Å². The van der Waals surface area contributed by atoms with E-state index in [1.165, 1.54) is 30.6 Å². The van der Waals surface area contributed by atoms with E-state index in [1.54, 1.807) is 7.11 Å². The standard InChI is InChI=1S/C16H25NOS/c1-3-19-16-9-6-14(12-16)17-11-10-13-4-7-15(18-2)8-5-13/h4-5,7-8,14,16-17H,3,6,9-12H2,1-2H3. The van der Waals surface area contributed by atoms with E-state index in [0.717, 1.165) is 30.0 Å². The van der Waals surface area contributed by atoms with Gasteiger partial charge in [0.2, 0.25) is 0 Å². The molecule has 1 aliphatic carbocycles. The highest BCUT2D eigenvalue weighted by Gasteiger charge is 2.23. The van der Waals surface area contributed by atoms with Crippen LogP contribution in [-0.4, -0.2) is 30.7 Å². The number of benzene rings is 1. The van der Waals surface area contributed by atoms with Crippen LogP contribution in [0, 0.1) is 0 Å². The molecule has 0 aromatic heterocycles.